The van der Waals surface area contributed by atoms with Crippen molar-refractivity contribution in [3.05, 3.63) is 59.4 Å². The van der Waals surface area contributed by atoms with Crippen LogP contribution in [0.4, 0.5) is 15.8 Å². The molecule has 0 aliphatic carbocycles. The van der Waals surface area contributed by atoms with E-state index in [2.05, 4.69) is 15.5 Å². The summed E-state index contributed by atoms with van der Waals surface area (Å²) < 4.78 is 13.8. The molecule has 1 aliphatic rings. The number of hydrogen-bond acceptors (Lipinski definition) is 3. The molecule has 3 rings (SSSR count). The van der Waals surface area contributed by atoms with Gasteiger partial charge in [0.25, 0.3) is 5.91 Å². The number of halogens is 1. The second-order valence-electron chi connectivity index (χ2n) is 7.51. The van der Waals surface area contributed by atoms with Crippen LogP contribution in [0, 0.1) is 12.7 Å². The Hall–Kier alpha value is -2.89. The molecule has 154 valence electrons. The van der Waals surface area contributed by atoms with Crippen LogP contribution in [0.2, 0.25) is 0 Å². The lowest BCUT2D eigenvalue weighted by molar-refractivity contribution is -0.118. The number of carbonyl (C=O) groups excluding carboxylic acids is 2. The minimum Gasteiger partial charge on any atom is -0.371 e. The lowest BCUT2D eigenvalue weighted by Crippen LogP contribution is -2.43. The summed E-state index contributed by atoms with van der Waals surface area (Å²) in [7, 11) is 0. The maximum absolute atomic E-state index is 13.8. The van der Waals surface area contributed by atoms with Gasteiger partial charge in [-0.15, -0.1) is 0 Å². The molecule has 0 saturated carbocycles. The van der Waals surface area contributed by atoms with Gasteiger partial charge in [-0.05, 0) is 62.1 Å². The molecule has 2 amide bonds. The highest BCUT2D eigenvalue weighted by Gasteiger charge is 2.22. The first-order valence-corrected chi connectivity index (χ1v) is 10.2. The van der Waals surface area contributed by atoms with Gasteiger partial charge in [-0.1, -0.05) is 25.5 Å². The molecule has 1 aliphatic heterocycles. The summed E-state index contributed by atoms with van der Waals surface area (Å²) in [5.74, 6) is -1.16. The zero-order chi connectivity index (χ0) is 20.8. The largest absolute Gasteiger partial charge is 0.371 e. The van der Waals surface area contributed by atoms with Crippen LogP contribution < -0.4 is 15.5 Å². The maximum atomic E-state index is 13.8. The number of hydrogen-bond donors (Lipinski definition) is 2. The number of carbonyl (C=O) groups is 2. The predicted molar refractivity (Wildman–Crippen MR) is 114 cm³/mol. The second kappa shape index (κ2) is 9.54. The van der Waals surface area contributed by atoms with Gasteiger partial charge in [0, 0.05) is 30.0 Å². The van der Waals surface area contributed by atoms with Crippen LogP contribution in [0.25, 0.3) is 0 Å². The molecule has 1 saturated heterocycles. The Kier molecular flexibility index (Phi) is 6.86. The number of rotatable bonds is 7. The van der Waals surface area contributed by atoms with E-state index < -0.39 is 17.8 Å². The molecule has 0 bridgehead atoms. The Morgan fingerprint density at radius 1 is 1.14 bits per heavy atom. The summed E-state index contributed by atoms with van der Waals surface area (Å²) in [5.41, 5.74) is 2.47. The summed E-state index contributed by atoms with van der Waals surface area (Å²) in [6, 6.07) is 11.4. The quantitative estimate of drug-likeness (QED) is 0.733. The first-order chi connectivity index (χ1) is 14.0. The van der Waals surface area contributed by atoms with Gasteiger partial charge in [-0.3, -0.25) is 9.59 Å². The van der Waals surface area contributed by atoms with E-state index in [0.29, 0.717) is 17.7 Å². The fourth-order valence-electron chi connectivity index (χ4n) is 3.52. The molecule has 2 aromatic carbocycles. The van der Waals surface area contributed by atoms with Crippen LogP contribution in [0.3, 0.4) is 0 Å². The molecular formula is C23H28FN3O2. The van der Waals surface area contributed by atoms with Crippen LogP contribution in [0.15, 0.2) is 42.5 Å². The summed E-state index contributed by atoms with van der Waals surface area (Å²) in [4.78, 5) is 27.6. The smallest absolute Gasteiger partial charge is 0.252 e. The van der Waals surface area contributed by atoms with Gasteiger partial charge < -0.3 is 15.5 Å². The van der Waals surface area contributed by atoms with E-state index in [4.69, 9.17) is 0 Å². The molecule has 2 aromatic rings. The molecule has 29 heavy (non-hydrogen) atoms. The fourth-order valence-corrected chi connectivity index (χ4v) is 3.52. The molecule has 1 unspecified atom stereocenters. The van der Waals surface area contributed by atoms with Gasteiger partial charge in [0.05, 0.1) is 0 Å². The van der Waals surface area contributed by atoms with E-state index in [1.165, 1.54) is 18.9 Å². The fraction of sp³-hybridized carbons (Fsp3) is 0.391. The number of nitrogens with zero attached hydrogens (tertiary/aromatic N) is 1. The lowest BCUT2D eigenvalue weighted by atomic mass is 10.1. The Morgan fingerprint density at radius 2 is 1.90 bits per heavy atom. The first-order valence-electron chi connectivity index (χ1n) is 10.2. The van der Waals surface area contributed by atoms with E-state index in [0.717, 1.165) is 25.2 Å². The third-order valence-electron chi connectivity index (χ3n) is 5.22. The molecule has 1 heterocycles. The molecule has 2 N–H and O–H groups in total. The number of aryl methyl sites for hydroxylation is 1. The predicted octanol–water partition coefficient (Wildman–Crippen LogP) is 4.27. The SMILES string of the molecule is CCCC(NC(=O)c1ccc(C)c(F)c1)C(=O)Nc1cccc(N2CCCC2)c1. The Morgan fingerprint density at radius 3 is 2.59 bits per heavy atom. The summed E-state index contributed by atoms with van der Waals surface area (Å²) in [6.07, 6.45) is 3.59. The van der Waals surface area contributed by atoms with Gasteiger partial charge in [0.15, 0.2) is 0 Å². The van der Waals surface area contributed by atoms with E-state index in [-0.39, 0.29) is 11.5 Å². The zero-order valence-corrected chi connectivity index (χ0v) is 17.0. The van der Waals surface area contributed by atoms with Gasteiger partial charge in [-0.25, -0.2) is 4.39 Å². The van der Waals surface area contributed by atoms with Crippen molar-refractivity contribution in [2.75, 3.05) is 23.3 Å². The van der Waals surface area contributed by atoms with Gasteiger partial charge in [0.1, 0.15) is 11.9 Å². The third kappa shape index (κ3) is 5.34. The third-order valence-corrected chi connectivity index (χ3v) is 5.22. The van der Waals surface area contributed by atoms with Crippen molar-refractivity contribution in [1.29, 1.82) is 0 Å². The molecule has 6 heteroatoms. The molecular weight excluding hydrogens is 369 g/mol. The molecule has 1 atom stereocenters. The minimum atomic E-state index is -0.688. The van der Waals surface area contributed by atoms with Crippen molar-refractivity contribution >= 4 is 23.2 Å². The van der Waals surface area contributed by atoms with Crippen molar-refractivity contribution < 1.29 is 14.0 Å². The molecule has 0 spiro atoms. The molecule has 0 aromatic heterocycles. The molecule has 5 nitrogen and oxygen atoms in total. The molecule has 1 fully saturated rings. The second-order valence-corrected chi connectivity index (χ2v) is 7.51. The average Bonchev–Trinajstić information content (AvgIpc) is 3.25. The highest BCUT2D eigenvalue weighted by molar-refractivity contribution is 6.01. The summed E-state index contributed by atoms with van der Waals surface area (Å²) >= 11 is 0. The van der Waals surface area contributed by atoms with E-state index in [1.807, 2.05) is 31.2 Å². The average molecular weight is 397 g/mol. The van der Waals surface area contributed by atoms with E-state index in [9.17, 15) is 14.0 Å². The summed E-state index contributed by atoms with van der Waals surface area (Å²) in [5, 5.41) is 5.66. The Balaban J connectivity index is 1.68. The van der Waals surface area contributed by atoms with Crippen molar-refractivity contribution in [1.82, 2.24) is 5.32 Å². The van der Waals surface area contributed by atoms with Crippen LogP contribution in [0.1, 0.15) is 48.5 Å². The zero-order valence-electron chi connectivity index (χ0n) is 17.0. The van der Waals surface area contributed by atoms with Gasteiger partial charge >= 0.3 is 0 Å². The van der Waals surface area contributed by atoms with Crippen molar-refractivity contribution in [3.8, 4) is 0 Å². The van der Waals surface area contributed by atoms with Crippen LogP contribution in [-0.2, 0) is 4.79 Å². The van der Waals surface area contributed by atoms with E-state index >= 15 is 0 Å². The van der Waals surface area contributed by atoms with Crippen LogP contribution in [0.5, 0.6) is 0 Å². The highest BCUT2D eigenvalue weighted by Crippen LogP contribution is 2.23. The lowest BCUT2D eigenvalue weighted by Gasteiger charge is -2.20. The van der Waals surface area contributed by atoms with Crippen molar-refractivity contribution in [2.24, 2.45) is 0 Å². The number of amides is 2. The number of anilines is 2. The first kappa shape index (κ1) is 20.8. The van der Waals surface area contributed by atoms with Crippen molar-refractivity contribution in [3.63, 3.8) is 0 Å². The van der Waals surface area contributed by atoms with Crippen LogP contribution in [-0.4, -0.2) is 30.9 Å². The van der Waals surface area contributed by atoms with Crippen LogP contribution >= 0.6 is 0 Å². The Labute approximate surface area is 171 Å². The number of nitrogens with one attached hydrogen (secondary N) is 2. The highest BCUT2D eigenvalue weighted by atomic mass is 19.1. The minimum absolute atomic E-state index is 0.207. The summed E-state index contributed by atoms with van der Waals surface area (Å²) in [6.45, 7) is 5.64. The Bertz CT molecular complexity index is 878. The molecule has 0 radical (unpaired) electrons. The van der Waals surface area contributed by atoms with E-state index in [1.54, 1.807) is 19.1 Å². The van der Waals surface area contributed by atoms with Gasteiger partial charge in [-0.2, -0.15) is 0 Å². The van der Waals surface area contributed by atoms with Gasteiger partial charge in [0.2, 0.25) is 5.91 Å². The number of benzene rings is 2. The monoisotopic (exact) mass is 397 g/mol. The topological polar surface area (TPSA) is 61.4 Å². The normalized spacial score (nSPS) is 14.5. The standard InChI is InChI=1S/C23H28FN3O2/c1-3-7-21(26-22(28)17-11-10-16(2)20(24)14-17)23(29)25-18-8-6-9-19(15-18)27-12-4-5-13-27/h6,8-11,14-15,21H,3-5,7,12-13H2,1-2H3,(H,25,29)(H,26,28). The maximum Gasteiger partial charge on any atom is 0.252 e. The van der Waals surface area contributed by atoms with Crippen molar-refractivity contribution in [2.45, 2.75) is 45.6 Å².